The third kappa shape index (κ3) is 3.27. The Bertz CT molecular complexity index is 516. The number of hydrogen-bond donors (Lipinski definition) is 3. The van der Waals surface area contributed by atoms with Crippen molar-refractivity contribution in [1.29, 1.82) is 0 Å². The highest BCUT2D eigenvalue weighted by Crippen LogP contribution is 2.48. The van der Waals surface area contributed by atoms with Crippen LogP contribution in [0.15, 0.2) is 12.4 Å². The van der Waals surface area contributed by atoms with Gasteiger partial charge in [-0.05, 0) is 49.5 Å². The molecule has 6 heteroatoms. The maximum atomic E-state index is 12.0. The van der Waals surface area contributed by atoms with E-state index in [2.05, 4.69) is 15.7 Å². The van der Waals surface area contributed by atoms with Crippen molar-refractivity contribution in [1.82, 2.24) is 20.4 Å². The van der Waals surface area contributed by atoms with E-state index in [1.54, 1.807) is 4.68 Å². The van der Waals surface area contributed by atoms with Crippen molar-refractivity contribution in [2.24, 2.45) is 24.8 Å². The number of carbonyl (C=O) groups excluding carboxylic acids is 1. The maximum Gasteiger partial charge on any atom is 0.315 e. The Balaban J connectivity index is 1.37. The van der Waals surface area contributed by atoms with Gasteiger partial charge in [0.15, 0.2) is 0 Å². The van der Waals surface area contributed by atoms with E-state index in [0.29, 0.717) is 18.4 Å². The summed E-state index contributed by atoms with van der Waals surface area (Å²) in [6, 6.07) is 0.0595. The van der Waals surface area contributed by atoms with Crippen LogP contribution in [-0.2, 0) is 13.5 Å². The van der Waals surface area contributed by atoms with Crippen LogP contribution in [0.3, 0.4) is 0 Å². The highest BCUT2D eigenvalue weighted by atomic mass is 16.3. The molecule has 2 aliphatic carbocycles. The predicted octanol–water partition coefficient (Wildman–Crippen LogP) is 1.06. The summed E-state index contributed by atoms with van der Waals surface area (Å²) in [4.78, 5) is 12.0. The Hall–Kier alpha value is -1.56. The SMILES string of the molecule is Cn1cc(CCCNC(=O)NC2C3CCC(C3)C2CO)cn1. The number of urea groups is 1. The molecule has 0 spiro atoms. The van der Waals surface area contributed by atoms with Crippen molar-refractivity contribution in [2.45, 2.75) is 38.1 Å². The molecule has 3 N–H and O–H groups in total. The number of aromatic nitrogens is 2. The highest BCUT2D eigenvalue weighted by molar-refractivity contribution is 5.74. The van der Waals surface area contributed by atoms with Gasteiger partial charge >= 0.3 is 6.03 Å². The molecule has 2 bridgehead atoms. The smallest absolute Gasteiger partial charge is 0.315 e. The minimum Gasteiger partial charge on any atom is -0.396 e. The van der Waals surface area contributed by atoms with Crippen LogP contribution in [0.25, 0.3) is 0 Å². The molecular weight excluding hydrogens is 280 g/mol. The van der Waals surface area contributed by atoms with Gasteiger partial charge in [-0.25, -0.2) is 4.79 Å². The minimum atomic E-state index is -0.0952. The van der Waals surface area contributed by atoms with Crippen molar-refractivity contribution < 1.29 is 9.90 Å². The normalized spacial score (nSPS) is 29.7. The van der Waals surface area contributed by atoms with Crippen LogP contribution in [0.1, 0.15) is 31.2 Å². The molecule has 0 radical (unpaired) electrons. The van der Waals surface area contributed by atoms with Gasteiger partial charge in [0, 0.05) is 38.4 Å². The lowest BCUT2D eigenvalue weighted by molar-refractivity contribution is 0.144. The fraction of sp³-hybridized carbons (Fsp3) is 0.750. The van der Waals surface area contributed by atoms with Crippen LogP contribution >= 0.6 is 0 Å². The summed E-state index contributed by atoms with van der Waals surface area (Å²) in [5, 5.41) is 19.7. The van der Waals surface area contributed by atoms with E-state index in [4.69, 9.17) is 0 Å². The van der Waals surface area contributed by atoms with Gasteiger partial charge in [-0.2, -0.15) is 5.10 Å². The summed E-state index contributed by atoms with van der Waals surface area (Å²) >= 11 is 0. The molecule has 2 aliphatic rings. The molecule has 1 heterocycles. The Kier molecular flexibility index (Phi) is 4.66. The third-order valence-electron chi connectivity index (χ3n) is 5.28. The lowest BCUT2D eigenvalue weighted by Crippen LogP contribution is -2.49. The van der Waals surface area contributed by atoms with Gasteiger partial charge in [-0.3, -0.25) is 4.68 Å². The Morgan fingerprint density at radius 1 is 1.45 bits per heavy atom. The van der Waals surface area contributed by atoms with Gasteiger partial charge in [-0.1, -0.05) is 0 Å². The van der Waals surface area contributed by atoms with Gasteiger partial charge in [0.05, 0.1) is 6.20 Å². The number of nitrogens with one attached hydrogen (secondary N) is 2. The molecule has 1 aromatic rings. The van der Waals surface area contributed by atoms with Gasteiger partial charge in [-0.15, -0.1) is 0 Å². The number of carbonyl (C=O) groups is 1. The van der Waals surface area contributed by atoms with Crippen LogP contribution in [0.4, 0.5) is 4.79 Å². The molecule has 2 fully saturated rings. The second-order valence-electron chi connectivity index (χ2n) is 6.73. The molecule has 0 aromatic carbocycles. The van der Waals surface area contributed by atoms with E-state index in [0.717, 1.165) is 19.3 Å². The summed E-state index contributed by atoms with van der Waals surface area (Å²) in [5.74, 6) is 1.41. The molecule has 4 atom stereocenters. The molecule has 0 saturated heterocycles. The number of amides is 2. The molecule has 122 valence electrons. The number of aliphatic hydroxyl groups is 1. The summed E-state index contributed by atoms with van der Waals surface area (Å²) in [6.45, 7) is 0.846. The number of fused-ring (bicyclic) bond motifs is 2. The quantitative estimate of drug-likeness (QED) is 0.688. The molecule has 2 amide bonds. The molecule has 2 saturated carbocycles. The molecule has 3 rings (SSSR count). The Morgan fingerprint density at radius 3 is 3.00 bits per heavy atom. The van der Waals surface area contributed by atoms with Crippen molar-refractivity contribution in [2.75, 3.05) is 13.2 Å². The number of nitrogens with zero attached hydrogens (tertiary/aromatic N) is 2. The predicted molar refractivity (Wildman–Crippen MR) is 83.3 cm³/mol. The second kappa shape index (κ2) is 6.69. The van der Waals surface area contributed by atoms with Gasteiger partial charge in [0.1, 0.15) is 0 Å². The number of aliphatic hydroxyl groups excluding tert-OH is 1. The monoisotopic (exact) mass is 306 g/mol. The van der Waals surface area contributed by atoms with E-state index in [-0.39, 0.29) is 24.6 Å². The average Bonchev–Trinajstić information content (AvgIpc) is 3.19. The lowest BCUT2D eigenvalue weighted by atomic mass is 9.85. The maximum absolute atomic E-state index is 12.0. The lowest BCUT2D eigenvalue weighted by Gasteiger charge is -2.30. The average molecular weight is 306 g/mol. The third-order valence-corrected chi connectivity index (χ3v) is 5.28. The number of hydrogen-bond acceptors (Lipinski definition) is 3. The summed E-state index contributed by atoms with van der Waals surface area (Å²) < 4.78 is 1.79. The first-order chi connectivity index (χ1) is 10.7. The molecule has 22 heavy (non-hydrogen) atoms. The standard InChI is InChI=1S/C16H26N4O2/c1-20-9-11(8-18-20)3-2-6-17-16(22)19-15-13-5-4-12(7-13)14(15)10-21/h8-9,12-15,21H,2-7,10H2,1H3,(H2,17,19,22). The van der Waals surface area contributed by atoms with E-state index in [1.165, 1.54) is 18.4 Å². The highest BCUT2D eigenvalue weighted by Gasteiger charge is 2.47. The van der Waals surface area contributed by atoms with E-state index < -0.39 is 0 Å². The second-order valence-corrected chi connectivity index (χ2v) is 6.73. The number of rotatable bonds is 6. The first-order valence-electron chi connectivity index (χ1n) is 8.30. The molecular formula is C16H26N4O2. The zero-order valence-electron chi connectivity index (χ0n) is 13.2. The van der Waals surface area contributed by atoms with E-state index in [9.17, 15) is 9.90 Å². The molecule has 6 nitrogen and oxygen atoms in total. The summed E-state index contributed by atoms with van der Waals surface area (Å²) in [5.41, 5.74) is 1.19. The van der Waals surface area contributed by atoms with Gasteiger partial charge in [0.2, 0.25) is 0 Å². The van der Waals surface area contributed by atoms with Crippen LogP contribution in [-0.4, -0.2) is 40.1 Å². The minimum absolute atomic E-state index is 0.0952. The van der Waals surface area contributed by atoms with Crippen molar-refractivity contribution in [3.63, 3.8) is 0 Å². The molecule has 0 aliphatic heterocycles. The van der Waals surface area contributed by atoms with Crippen LogP contribution in [0, 0.1) is 17.8 Å². The largest absolute Gasteiger partial charge is 0.396 e. The van der Waals surface area contributed by atoms with Crippen LogP contribution < -0.4 is 10.6 Å². The zero-order valence-corrected chi connectivity index (χ0v) is 13.2. The Morgan fingerprint density at radius 2 is 2.27 bits per heavy atom. The summed E-state index contributed by atoms with van der Waals surface area (Å²) in [6.07, 6.45) is 9.24. The summed E-state index contributed by atoms with van der Waals surface area (Å²) in [7, 11) is 1.90. The van der Waals surface area contributed by atoms with Gasteiger partial charge in [0.25, 0.3) is 0 Å². The Labute approximate surface area is 131 Å². The topological polar surface area (TPSA) is 79.2 Å². The van der Waals surface area contributed by atoms with Crippen LogP contribution in [0.5, 0.6) is 0 Å². The van der Waals surface area contributed by atoms with E-state index >= 15 is 0 Å². The fourth-order valence-electron chi connectivity index (χ4n) is 4.20. The molecule has 1 aromatic heterocycles. The first kappa shape index (κ1) is 15.3. The van der Waals surface area contributed by atoms with Crippen molar-refractivity contribution >= 4 is 6.03 Å². The molecule has 4 unspecified atom stereocenters. The van der Waals surface area contributed by atoms with E-state index in [1.807, 2.05) is 19.4 Å². The fourth-order valence-corrected chi connectivity index (χ4v) is 4.20. The zero-order chi connectivity index (χ0) is 15.5. The van der Waals surface area contributed by atoms with Gasteiger partial charge < -0.3 is 15.7 Å². The first-order valence-corrected chi connectivity index (χ1v) is 8.30. The number of aryl methyl sites for hydroxylation is 2. The van der Waals surface area contributed by atoms with Crippen molar-refractivity contribution in [3.8, 4) is 0 Å². The van der Waals surface area contributed by atoms with Crippen LogP contribution in [0.2, 0.25) is 0 Å². The van der Waals surface area contributed by atoms with Crippen molar-refractivity contribution in [3.05, 3.63) is 18.0 Å².